The third kappa shape index (κ3) is 3.40. The molecule has 3 heterocycles. The Morgan fingerprint density at radius 1 is 1.12 bits per heavy atom. The van der Waals surface area contributed by atoms with E-state index in [-0.39, 0.29) is 5.91 Å². The first-order valence-corrected chi connectivity index (χ1v) is 8.90. The molecule has 1 N–H and O–H groups in total. The van der Waals surface area contributed by atoms with Gasteiger partial charge in [0.2, 0.25) is 0 Å². The van der Waals surface area contributed by atoms with E-state index in [1.165, 1.54) is 16.3 Å². The van der Waals surface area contributed by atoms with Gasteiger partial charge in [-0.15, -0.1) is 0 Å². The van der Waals surface area contributed by atoms with Gasteiger partial charge in [0.25, 0.3) is 5.91 Å². The van der Waals surface area contributed by atoms with Crippen LogP contribution in [0.5, 0.6) is 0 Å². The van der Waals surface area contributed by atoms with Gasteiger partial charge in [-0.2, -0.15) is 0 Å². The number of carbonyl (C=O) groups excluding carboxylic acids is 1. The maximum absolute atomic E-state index is 12.5. The van der Waals surface area contributed by atoms with Gasteiger partial charge in [0.1, 0.15) is 5.69 Å². The summed E-state index contributed by atoms with van der Waals surface area (Å²) in [5.74, 6) is 0.650. The van der Waals surface area contributed by atoms with Crippen LogP contribution in [0.2, 0.25) is 0 Å². The second kappa shape index (κ2) is 7.05. The van der Waals surface area contributed by atoms with Crippen molar-refractivity contribution in [2.75, 3.05) is 13.1 Å². The molecule has 25 heavy (non-hydrogen) atoms. The molecule has 1 aliphatic heterocycles. The Hall–Kier alpha value is -2.69. The van der Waals surface area contributed by atoms with Gasteiger partial charge in [0, 0.05) is 30.9 Å². The van der Waals surface area contributed by atoms with Crippen molar-refractivity contribution in [2.45, 2.75) is 25.7 Å². The van der Waals surface area contributed by atoms with Crippen LogP contribution in [0.4, 0.5) is 0 Å². The summed E-state index contributed by atoms with van der Waals surface area (Å²) < 4.78 is 0. The largest absolute Gasteiger partial charge is 0.341 e. The number of aromatic amines is 1. The van der Waals surface area contributed by atoms with Gasteiger partial charge in [0.05, 0.1) is 12.5 Å². The number of fused-ring (bicyclic) bond motifs is 1. The van der Waals surface area contributed by atoms with E-state index in [9.17, 15) is 4.79 Å². The predicted octanol–water partition coefficient (Wildman–Crippen LogP) is 3.44. The number of amides is 1. The molecule has 1 amide bonds. The predicted molar refractivity (Wildman–Crippen MR) is 97.3 cm³/mol. The molecule has 3 aromatic rings. The second-order valence-corrected chi connectivity index (χ2v) is 6.78. The summed E-state index contributed by atoms with van der Waals surface area (Å²) in [6, 6.07) is 8.43. The lowest BCUT2D eigenvalue weighted by Crippen LogP contribution is -2.32. The number of nitrogens with zero attached hydrogens (tertiary/aromatic N) is 3. The molecule has 128 valence electrons. The lowest BCUT2D eigenvalue weighted by atomic mass is 9.91. The van der Waals surface area contributed by atoms with Crippen molar-refractivity contribution in [2.24, 2.45) is 5.92 Å². The number of benzene rings is 1. The Kier molecular flexibility index (Phi) is 4.46. The SMILES string of the molecule is O=C(c1cnc[nH]1)N1CCC[C@@H](Cc2cncc3ccccc23)CC1. The molecule has 2 aromatic heterocycles. The zero-order valence-electron chi connectivity index (χ0n) is 14.2. The molecule has 0 radical (unpaired) electrons. The number of aromatic nitrogens is 3. The topological polar surface area (TPSA) is 61.9 Å². The number of imidazole rings is 1. The van der Waals surface area contributed by atoms with E-state index < -0.39 is 0 Å². The highest BCUT2D eigenvalue weighted by atomic mass is 16.2. The molecule has 4 rings (SSSR count). The third-order valence-corrected chi connectivity index (χ3v) is 5.12. The van der Waals surface area contributed by atoms with Gasteiger partial charge >= 0.3 is 0 Å². The highest BCUT2D eigenvalue weighted by Gasteiger charge is 2.22. The minimum atomic E-state index is 0.0602. The van der Waals surface area contributed by atoms with Crippen LogP contribution in [0, 0.1) is 5.92 Å². The van der Waals surface area contributed by atoms with Crippen molar-refractivity contribution in [3.8, 4) is 0 Å². The zero-order valence-corrected chi connectivity index (χ0v) is 14.2. The number of pyridine rings is 1. The number of nitrogens with one attached hydrogen (secondary N) is 1. The van der Waals surface area contributed by atoms with Crippen LogP contribution in [-0.4, -0.2) is 38.8 Å². The summed E-state index contributed by atoms with van der Waals surface area (Å²) in [6.45, 7) is 1.63. The number of carbonyl (C=O) groups is 1. The summed E-state index contributed by atoms with van der Waals surface area (Å²) >= 11 is 0. The molecule has 1 aromatic carbocycles. The van der Waals surface area contributed by atoms with E-state index >= 15 is 0 Å². The Labute approximate surface area is 147 Å². The number of rotatable bonds is 3. The first kappa shape index (κ1) is 15.8. The van der Waals surface area contributed by atoms with Crippen molar-refractivity contribution in [3.63, 3.8) is 0 Å². The molecular weight excluding hydrogens is 312 g/mol. The van der Waals surface area contributed by atoms with E-state index in [1.54, 1.807) is 12.5 Å². The van der Waals surface area contributed by atoms with Gasteiger partial charge in [-0.05, 0) is 42.6 Å². The zero-order chi connectivity index (χ0) is 17.1. The fraction of sp³-hybridized carbons (Fsp3) is 0.350. The highest BCUT2D eigenvalue weighted by molar-refractivity contribution is 5.92. The molecule has 5 nitrogen and oxygen atoms in total. The fourth-order valence-corrected chi connectivity index (χ4v) is 3.77. The van der Waals surface area contributed by atoms with Crippen LogP contribution in [0.1, 0.15) is 35.3 Å². The van der Waals surface area contributed by atoms with Gasteiger partial charge in [0.15, 0.2) is 0 Å². The molecule has 1 saturated heterocycles. The normalized spacial score (nSPS) is 18.2. The van der Waals surface area contributed by atoms with Crippen LogP contribution < -0.4 is 0 Å². The van der Waals surface area contributed by atoms with Gasteiger partial charge in [-0.1, -0.05) is 24.3 Å². The summed E-state index contributed by atoms with van der Waals surface area (Å²) in [6.07, 6.45) is 11.3. The average molecular weight is 334 g/mol. The fourth-order valence-electron chi connectivity index (χ4n) is 3.77. The maximum atomic E-state index is 12.5. The molecule has 0 saturated carbocycles. The minimum Gasteiger partial charge on any atom is -0.341 e. The van der Waals surface area contributed by atoms with E-state index in [0.29, 0.717) is 11.6 Å². The van der Waals surface area contributed by atoms with Crippen LogP contribution in [-0.2, 0) is 6.42 Å². The lowest BCUT2D eigenvalue weighted by molar-refractivity contribution is 0.0754. The van der Waals surface area contributed by atoms with Crippen molar-refractivity contribution in [3.05, 3.63) is 60.4 Å². The molecule has 1 aliphatic rings. The van der Waals surface area contributed by atoms with Crippen molar-refractivity contribution in [1.82, 2.24) is 19.9 Å². The van der Waals surface area contributed by atoms with E-state index in [1.807, 2.05) is 17.3 Å². The Balaban J connectivity index is 1.45. The highest BCUT2D eigenvalue weighted by Crippen LogP contribution is 2.26. The number of hydrogen-bond acceptors (Lipinski definition) is 3. The first-order chi connectivity index (χ1) is 12.3. The first-order valence-electron chi connectivity index (χ1n) is 8.90. The standard InChI is InChI=1S/C20H22N4O/c25-20(19-13-22-14-23-19)24-8-3-4-15(7-9-24)10-17-12-21-11-16-5-1-2-6-18(16)17/h1-2,5-6,11-15H,3-4,7-10H2,(H,22,23)/t15-/m1/s1. The molecule has 0 bridgehead atoms. The monoisotopic (exact) mass is 334 g/mol. The quantitative estimate of drug-likeness (QED) is 0.798. The summed E-state index contributed by atoms with van der Waals surface area (Å²) in [4.78, 5) is 25.7. The Morgan fingerprint density at radius 2 is 2.04 bits per heavy atom. The lowest BCUT2D eigenvalue weighted by Gasteiger charge is -2.20. The van der Waals surface area contributed by atoms with Crippen LogP contribution >= 0.6 is 0 Å². The molecule has 1 fully saturated rings. The smallest absolute Gasteiger partial charge is 0.271 e. The van der Waals surface area contributed by atoms with Gasteiger partial charge in [-0.3, -0.25) is 9.78 Å². The molecule has 0 spiro atoms. The summed E-state index contributed by atoms with van der Waals surface area (Å²) in [5, 5.41) is 2.50. The van der Waals surface area contributed by atoms with E-state index in [0.717, 1.165) is 38.8 Å². The molecule has 0 aliphatic carbocycles. The average Bonchev–Trinajstić information content (AvgIpc) is 3.09. The maximum Gasteiger partial charge on any atom is 0.271 e. The summed E-state index contributed by atoms with van der Waals surface area (Å²) in [7, 11) is 0. The Bertz CT molecular complexity index is 854. The Morgan fingerprint density at radius 3 is 2.92 bits per heavy atom. The molecule has 5 heteroatoms. The summed E-state index contributed by atoms with van der Waals surface area (Å²) in [5.41, 5.74) is 1.90. The number of H-pyrrole nitrogens is 1. The van der Waals surface area contributed by atoms with E-state index in [4.69, 9.17) is 0 Å². The molecule has 0 unspecified atom stereocenters. The van der Waals surface area contributed by atoms with E-state index in [2.05, 4.69) is 39.2 Å². The second-order valence-electron chi connectivity index (χ2n) is 6.78. The van der Waals surface area contributed by atoms with Crippen LogP contribution in [0.3, 0.4) is 0 Å². The number of likely N-dealkylation sites (tertiary alicyclic amines) is 1. The molecular formula is C20H22N4O. The van der Waals surface area contributed by atoms with Gasteiger partial charge in [-0.25, -0.2) is 4.98 Å². The minimum absolute atomic E-state index is 0.0602. The third-order valence-electron chi connectivity index (χ3n) is 5.12. The van der Waals surface area contributed by atoms with Crippen molar-refractivity contribution >= 4 is 16.7 Å². The van der Waals surface area contributed by atoms with Crippen molar-refractivity contribution < 1.29 is 4.79 Å². The number of hydrogen-bond donors (Lipinski definition) is 1. The van der Waals surface area contributed by atoms with Gasteiger partial charge < -0.3 is 9.88 Å². The molecule has 1 atom stereocenters. The van der Waals surface area contributed by atoms with Crippen LogP contribution in [0.25, 0.3) is 10.8 Å². The van der Waals surface area contributed by atoms with Crippen LogP contribution in [0.15, 0.2) is 49.2 Å². The van der Waals surface area contributed by atoms with Crippen molar-refractivity contribution in [1.29, 1.82) is 0 Å².